The van der Waals surface area contributed by atoms with E-state index in [1.165, 1.54) is 94.3 Å². The fourth-order valence-electron chi connectivity index (χ4n) is 12.8. The third-order valence-electron chi connectivity index (χ3n) is 15.9. The van der Waals surface area contributed by atoms with Crippen molar-refractivity contribution in [2.45, 2.75) is 18.3 Å². The van der Waals surface area contributed by atoms with Crippen LogP contribution in [0, 0.1) is 5.41 Å². The topological polar surface area (TPSA) is 8.17 Å². The van der Waals surface area contributed by atoms with Crippen molar-refractivity contribution in [2.24, 2.45) is 5.41 Å². The molecule has 0 aliphatic heterocycles. The Morgan fingerprint density at radius 3 is 1.76 bits per heavy atom. The predicted octanol–water partition coefficient (Wildman–Crippen LogP) is 17.8. The summed E-state index contributed by atoms with van der Waals surface area (Å²) in [5.41, 5.74) is 21.8. The molecule has 1 aromatic heterocycles. The molecule has 70 heavy (non-hydrogen) atoms. The number of allylic oxidation sites excluding steroid dienone is 4. The molecule has 11 aromatic rings. The molecule has 0 radical (unpaired) electrons. The number of para-hydroxylation sites is 3. The number of hydrogen-bond acceptors (Lipinski definition) is 1. The lowest BCUT2D eigenvalue weighted by atomic mass is 9.56. The Morgan fingerprint density at radius 1 is 0.400 bits per heavy atom. The molecular weight excluding hydrogens is 845 g/mol. The van der Waals surface area contributed by atoms with E-state index < -0.39 is 5.41 Å². The molecule has 3 aliphatic carbocycles. The van der Waals surface area contributed by atoms with Gasteiger partial charge in [-0.1, -0.05) is 207 Å². The number of anilines is 3. The number of benzene rings is 10. The van der Waals surface area contributed by atoms with E-state index in [4.69, 9.17) is 0 Å². The summed E-state index contributed by atoms with van der Waals surface area (Å²) >= 11 is 0. The Hall–Kier alpha value is -8.72. The number of aromatic nitrogens is 1. The number of hydrogen-bond donors (Lipinski definition) is 0. The van der Waals surface area contributed by atoms with E-state index >= 15 is 0 Å². The van der Waals surface area contributed by atoms with Crippen LogP contribution in [0.4, 0.5) is 17.1 Å². The van der Waals surface area contributed by atoms with Crippen molar-refractivity contribution >= 4 is 38.9 Å². The van der Waals surface area contributed by atoms with Crippen molar-refractivity contribution in [3.63, 3.8) is 0 Å². The van der Waals surface area contributed by atoms with Crippen LogP contribution >= 0.6 is 0 Å². The first kappa shape index (κ1) is 40.4. The molecule has 0 fully saturated rings. The smallest absolute Gasteiger partial charge is 0.0563 e. The zero-order chi connectivity index (χ0) is 46.4. The molecule has 1 spiro atoms. The van der Waals surface area contributed by atoms with Gasteiger partial charge in [0.1, 0.15) is 0 Å². The Morgan fingerprint density at radius 2 is 0.971 bits per heavy atom. The quantitative estimate of drug-likeness (QED) is 0.155. The molecule has 330 valence electrons. The highest BCUT2D eigenvalue weighted by molar-refractivity contribution is 6.12. The van der Waals surface area contributed by atoms with E-state index in [1.807, 2.05) is 0 Å². The summed E-state index contributed by atoms with van der Waals surface area (Å²) in [5.74, 6) is 0.162. The van der Waals surface area contributed by atoms with Crippen LogP contribution in [-0.2, 0) is 5.41 Å². The highest BCUT2D eigenvalue weighted by atomic mass is 15.1. The van der Waals surface area contributed by atoms with Crippen molar-refractivity contribution in [2.75, 3.05) is 4.90 Å². The van der Waals surface area contributed by atoms with Crippen molar-refractivity contribution in [1.29, 1.82) is 0 Å². The van der Waals surface area contributed by atoms with E-state index in [-0.39, 0.29) is 11.3 Å². The Bertz CT molecular complexity index is 3880. The molecule has 3 aliphatic rings. The van der Waals surface area contributed by atoms with Gasteiger partial charge in [-0.15, -0.1) is 0 Å². The molecule has 1 heterocycles. The first-order chi connectivity index (χ1) is 34.6. The average Bonchev–Trinajstić information content (AvgIpc) is 4.01. The van der Waals surface area contributed by atoms with Gasteiger partial charge >= 0.3 is 0 Å². The van der Waals surface area contributed by atoms with Crippen LogP contribution in [0.25, 0.3) is 72.0 Å². The van der Waals surface area contributed by atoms with Gasteiger partial charge in [0.05, 0.1) is 16.4 Å². The molecule has 14 rings (SSSR count). The highest BCUT2D eigenvalue weighted by Gasteiger charge is 2.64. The van der Waals surface area contributed by atoms with Crippen molar-refractivity contribution in [1.82, 2.24) is 4.57 Å². The zero-order valence-corrected chi connectivity index (χ0v) is 38.9. The maximum Gasteiger partial charge on any atom is 0.0563 e. The highest BCUT2D eigenvalue weighted by Crippen LogP contribution is 2.72. The molecule has 0 amide bonds. The summed E-state index contributed by atoms with van der Waals surface area (Å²) in [6, 6.07) is 89.6. The summed E-state index contributed by atoms with van der Waals surface area (Å²) in [6.07, 6.45) is 9.59. The average molecular weight is 893 g/mol. The summed E-state index contributed by atoms with van der Waals surface area (Å²) in [6.45, 7) is 2.53. The van der Waals surface area contributed by atoms with Gasteiger partial charge in [0.15, 0.2) is 0 Å². The number of fused-ring (bicyclic) bond motifs is 14. The molecule has 0 saturated carbocycles. The van der Waals surface area contributed by atoms with Crippen LogP contribution in [0.2, 0.25) is 0 Å². The van der Waals surface area contributed by atoms with Crippen LogP contribution in [0.3, 0.4) is 0 Å². The summed E-state index contributed by atoms with van der Waals surface area (Å²) in [7, 11) is 0. The van der Waals surface area contributed by atoms with Crippen molar-refractivity contribution in [3.8, 4) is 50.2 Å². The molecule has 2 nitrogen and oxygen atoms in total. The maximum absolute atomic E-state index is 2.53. The lowest BCUT2D eigenvalue weighted by molar-refractivity contribution is 0.294. The molecule has 10 aromatic carbocycles. The molecule has 3 atom stereocenters. The van der Waals surface area contributed by atoms with Crippen molar-refractivity contribution < 1.29 is 0 Å². The first-order valence-electron chi connectivity index (χ1n) is 24.5. The largest absolute Gasteiger partial charge is 0.310 e. The monoisotopic (exact) mass is 892 g/mol. The fourth-order valence-corrected chi connectivity index (χ4v) is 12.8. The van der Waals surface area contributed by atoms with E-state index in [2.05, 4.69) is 283 Å². The minimum Gasteiger partial charge on any atom is -0.310 e. The zero-order valence-electron chi connectivity index (χ0n) is 38.9. The number of nitrogens with zero attached hydrogens (tertiary/aromatic N) is 2. The fraction of sp³-hybridized carbons (Fsp3) is 0.0588. The van der Waals surface area contributed by atoms with Crippen molar-refractivity contribution in [3.05, 3.63) is 289 Å². The third kappa shape index (κ3) is 5.80. The molecule has 0 saturated heterocycles. The minimum atomic E-state index is -0.423. The molecular formula is C68H48N2. The van der Waals surface area contributed by atoms with Gasteiger partial charge in [0, 0.05) is 44.9 Å². The van der Waals surface area contributed by atoms with E-state index in [1.54, 1.807) is 0 Å². The number of rotatable bonds is 7. The predicted molar refractivity (Wildman–Crippen MR) is 293 cm³/mol. The van der Waals surface area contributed by atoms with Crippen LogP contribution in [0.1, 0.15) is 35.1 Å². The Balaban J connectivity index is 0.883. The lowest BCUT2D eigenvalue weighted by Gasteiger charge is -2.45. The van der Waals surface area contributed by atoms with Gasteiger partial charge < -0.3 is 9.47 Å². The molecule has 3 unspecified atom stereocenters. The minimum absolute atomic E-state index is 0.162. The molecule has 2 heteroatoms. The van der Waals surface area contributed by atoms with E-state index in [9.17, 15) is 0 Å². The summed E-state index contributed by atoms with van der Waals surface area (Å²) < 4.78 is 2.47. The van der Waals surface area contributed by atoms with Gasteiger partial charge in [-0.3, -0.25) is 0 Å². The second kappa shape index (κ2) is 15.7. The van der Waals surface area contributed by atoms with Crippen LogP contribution in [0.15, 0.2) is 267 Å². The van der Waals surface area contributed by atoms with E-state index in [0.717, 1.165) is 17.1 Å². The second-order valence-corrected chi connectivity index (χ2v) is 19.4. The first-order valence-corrected chi connectivity index (χ1v) is 24.5. The third-order valence-corrected chi connectivity index (χ3v) is 15.9. The SMILES string of the molecule is CC12C=CC=CC1c1c(ccc3c1c1ccccc1n3-c1ccccc1)C21c2ccccc2-c2ccc(-c3ccc(-c4cccc(N(c5ccccc5)c5ccc(-c6ccccc6)cc5)c4)cc3)cc21. The maximum atomic E-state index is 2.53. The van der Waals surface area contributed by atoms with Gasteiger partial charge in [0.25, 0.3) is 0 Å². The van der Waals surface area contributed by atoms with E-state index in [0.29, 0.717) is 0 Å². The van der Waals surface area contributed by atoms with Gasteiger partial charge in [-0.2, -0.15) is 0 Å². The van der Waals surface area contributed by atoms with Gasteiger partial charge in [0.2, 0.25) is 0 Å². The van der Waals surface area contributed by atoms with Crippen LogP contribution < -0.4 is 4.90 Å². The Kier molecular flexibility index (Phi) is 9.03. The Labute approximate surface area is 409 Å². The molecule has 0 bridgehead atoms. The molecule has 0 N–H and O–H groups in total. The van der Waals surface area contributed by atoms with Crippen LogP contribution in [0.5, 0.6) is 0 Å². The normalized spacial score (nSPS) is 18.2. The van der Waals surface area contributed by atoms with Gasteiger partial charge in [-0.05, 0) is 133 Å². The summed E-state index contributed by atoms with van der Waals surface area (Å²) in [4.78, 5) is 2.35. The standard InChI is InChI=1S/C68H48N2/c1-67-43-16-15-29-60(67)66-61(41-42-64-65(66)58-27-12-14-30-63(58)70(64)53-23-9-4-10-24-53)68(67)59-28-13-11-26-56(59)57-40-37-51(45-62(57)68)49-33-31-48(32-34-49)50-20-17-25-55(44-50)69(52-21-7-3-8-22-52)54-38-35-47(36-39-54)46-18-5-2-6-19-46/h2-45,60H,1H3. The van der Waals surface area contributed by atoms with Gasteiger partial charge in [-0.25, -0.2) is 0 Å². The lowest BCUT2D eigenvalue weighted by Crippen LogP contribution is -2.42. The second-order valence-electron chi connectivity index (χ2n) is 19.4. The van der Waals surface area contributed by atoms with Crippen LogP contribution in [-0.4, -0.2) is 4.57 Å². The summed E-state index contributed by atoms with van der Waals surface area (Å²) in [5, 5.41) is 2.66.